The number of rotatable bonds is 5. The van der Waals surface area contributed by atoms with Gasteiger partial charge >= 0.3 is 5.97 Å². The van der Waals surface area contributed by atoms with Gasteiger partial charge in [0.05, 0.1) is 17.2 Å². The Kier molecular flexibility index (Phi) is 4.76. The fourth-order valence-corrected chi connectivity index (χ4v) is 7.81. The minimum atomic E-state index is -3.33. The number of ether oxygens (including phenoxy) is 1. The lowest BCUT2D eigenvalue weighted by Crippen LogP contribution is -2.51. The molecule has 1 atom stereocenters. The first-order chi connectivity index (χ1) is 14.3. The zero-order valence-electron chi connectivity index (χ0n) is 16.9. The van der Waals surface area contributed by atoms with E-state index in [0.717, 1.165) is 24.7 Å². The van der Waals surface area contributed by atoms with Gasteiger partial charge in [0, 0.05) is 11.1 Å². The lowest BCUT2D eigenvalue weighted by Gasteiger charge is -2.55. The molecule has 0 spiro atoms. The molecule has 4 fully saturated rings. The van der Waals surface area contributed by atoms with Crippen LogP contribution in [0.2, 0.25) is 0 Å². The van der Waals surface area contributed by atoms with Gasteiger partial charge in [-0.1, -0.05) is 18.2 Å². The van der Waals surface area contributed by atoms with Crippen LogP contribution in [-0.2, 0) is 24.2 Å². The molecule has 1 amide bonds. The number of sulfone groups is 1. The highest BCUT2D eigenvalue weighted by Crippen LogP contribution is 2.60. The number of benzene rings is 1. The summed E-state index contributed by atoms with van der Waals surface area (Å²) in [6.45, 7) is -0.361. The molecule has 1 aromatic carbocycles. The molecular formula is C23H27NO5S. The topological polar surface area (TPSA) is 80.8 Å². The lowest BCUT2D eigenvalue weighted by atomic mass is 9.49. The third kappa shape index (κ3) is 3.57. The number of hydrogen-bond donors (Lipinski definition) is 0. The van der Waals surface area contributed by atoms with Gasteiger partial charge in [-0.05, 0) is 74.5 Å². The number of amides is 1. The Labute approximate surface area is 177 Å². The molecular weight excluding hydrogens is 402 g/mol. The quantitative estimate of drug-likeness (QED) is 0.672. The van der Waals surface area contributed by atoms with Gasteiger partial charge in [-0.2, -0.15) is 0 Å². The lowest BCUT2D eigenvalue weighted by molar-refractivity contribution is -0.172. The molecule has 1 unspecified atom stereocenters. The summed E-state index contributed by atoms with van der Waals surface area (Å²) in [5.41, 5.74) is 0.184. The van der Waals surface area contributed by atoms with E-state index in [4.69, 9.17) is 4.74 Å². The van der Waals surface area contributed by atoms with Gasteiger partial charge in [0.25, 0.3) is 5.91 Å². The summed E-state index contributed by atoms with van der Waals surface area (Å²) < 4.78 is 29.4. The van der Waals surface area contributed by atoms with Crippen molar-refractivity contribution in [3.63, 3.8) is 0 Å². The van der Waals surface area contributed by atoms with Gasteiger partial charge in [0.2, 0.25) is 0 Å². The minimum absolute atomic E-state index is 0.156. The molecule has 6 rings (SSSR count). The number of carbonyl (C=O) groups is 2. The highest BCUT2D eigenvalue weighted by atomic mass is 32.2. The highest BCUT2D eigenvalue weighted by Gasteiger charge is 2.55. The summed E-state index contributed by atoms with van der Waals surface area (Å²) in [5.74, 6) is 1.07. The minimum Gasteiger partial charge on any atom is -0.455 e. The number of para-hydroxylation sites is 1. The molecule has 7 heteroatoms. The standard InChI is InChI=1S/C23H27NO5S/c25-21(24(19-4-2-1-3-5-19)20-6-7-30(27,28)15-20)14-29-22(26)23-11-16-8-17(12-23)10-18(9-16)13-23/h1-7,16-18,20H,8-15H2. The van der Waals surface area contributed by atoms with E-state index in [1.54, 1.807) is 24.3 Å². The normalized spacial score (nSPS) is 35.3. The monoisotopic (exact) mass is 429 g/mol. The molecule has 0 radical (unpaired) electrons. The second kappa shape index (κ2) is 7.22. The molecule has 0 N–H and O–H groups in total. The summed E-state index contributed by atoms with van der Waals surface area (Å²) in [5, 5.41) is 1.16. The first kappa shape index (κ1) is 19.8. The van der Waals surface area contributed by atoms with Crippen LogP contribution in [0, 0.1) is 23.2 Å². The van der Waals surface area contributed by atoms with Crippen LogP contribution in [0.1, 0.15) is 38.5 Å². The van der Waals surface area contributed by atoms with E-state index in [1.165, 1.54) is 30.2 Å². The van der Waals surface area contributed by atoms with Crippen LogP contribution < -0.4 is 4.90 Å². The summed E-state index contributed by atoms with van der Waals surface area (Å²) >= 11 is 0. The second-order valence-electron chi connectivity index (χ2n) is 9.60. The summed E-state index contributed by atoms with van der Waals surface area (Å²) in [4.78, 5) is 27.6. The Morgan fingerprint density at radius 1 is 1.00 bits per heavy atom. The third-order valence-electron chi connectivity index (χ3n) is 7.34. The largest absolute Gasteiger partial charge is 0.455 e. The number of anilines is 1. The van der Waals surface area contributed by atoms with Crippen LogP contribution in [-0.4, -0.2) is 38.7 Å². The van der Waals surface area contributed by atoms with Crippen molar-refractivity contribution in [1.82, 2.24) is 0 Å². The van der Waals surface area contributed by atoms with E-state index in [0.29, 0.717) is 23.4 Å². The first-order valence-electron chi connectivity index (χ1n) is 10.8. The van der Waals surface area contributed by atoms with Gasteiger partial charge in [0.15, 0.2) is 16.4 Å². The van der Waals surface area contributed by atoms with Crippen LogP contribution in [0.15, 0.2) is 41.8 Å². The number of carbonyl (C=O) groups excluding carboxylic acids is 2. The molecule has 1 aliphatic heterocycles. The molecule has 5 aliphatic rings. The average Bonchev–Trinajstić information content (AvgIpc) is 3.05. The van der Waals surface area contributed by atoms with Crippen LogP contribution in [0.4, 0.5) is 5.69 Å². The van der Waals surface area contributed by atoms with E-state index >= 15 is 0 Å². The molecule has 1 heterocycles. The SMILES string of the molecule is O=C(COC(=O)C12CC3CC(CC(C3)C1)C2)N(c1ccccc1)C1C=CS(=O)(=O)C1. The predicted molar refractivity (Wildman–Crippen MR) is 112 cm³/mol. The molecule has 0 aromatic heterocycles. The van der Waals surface area contributed by atoms with Crippen molar-refractivity contribution in [2.75, 3.05) is 17.3 Å². The van der Waals surface area contributed by atoms with Crippen molar-refractivity contribution in [3.05, 3.63) is 41.8 Å². The van der Waals surface area contributed by atoms with E-state index in [1.807, 2.05) is 6.07 Å². The fraction of sp³-hybridized carbons (Fsp3) is 0.565. The second-order valence-corrected chi connectivity index (χ2v) is 11.5. The molecule has 30 heavy (non-hydrogen) atoms. The number of esters is 1. The smallest absolute Gasteiger partial charge is 0.312 e. The van der Waals surface area contributed by atoms with E-state index in [9.17, 15) is 18.0 Å². The highest BCUT2D eigenvalue weighted by molar-refractivity contribution is 7.94. The fourth-order valence-electron chi connectivity index (χ4n) is 6.54. The van der Waals surface area contributed by atoms with Crippen LogP contribution >= 0.6 is 0 Å². The van der Waals surface area contributed by atoms with Gasteiger partial charge in [-0.25, -0.2) is 8.42 Å². The Morgan fingerprint density at radius 3 is 2.13 bits per heavy atom. The molecule has 0 saturated heterocycles. The van der Waals surface area contributed by atoms with Crippen LogP contribution in [0.25, 0.3) is 0 Å². The maximum absolute atomic E-state index is 13.1. The van der Waals surface area contributed by atoms with E-state index in [-0.39, 0.29) is 18.3 Å². The van der Waals surface area contributed by atoms with Gasteiger partial charge in [-0.3, -0.25) is 9.59 Å². The molecule has 1 aromatic rings. The maximum Gasteiger partial charge on any atom is 0.312 e. The van der Waals surface area contributed by atoms with Crippen molar-refractivity contribution >= 4 is 27.4 Å². The first-order valence-corrected chi connectivity index (χ1v) is 12.5. The van der Waals surface area contributed by atoms with E-state index in [2.05, 4.69) is 0 Å². The zero-order valence-corrected chi connectivity index (χ0v) is 17.7. The summed E-state index contributed by atoms with van der Waals surface area (Å²) in [6.07, 6.45) is 7.89. The van der Waals surface area contributed by atoms with Gasteiger partial charge in [-0.15, -0.1) is 0 Å². The summed E-state index contributed by atoms with van der Waals surface area (Å²) in [7, 11) is -3.33. The number of nitrogens with zero attached hydrogens (tertiary/aromatic N) is 1. The van der Waals surface area contributed by atoms with Crippen molar-refractivity contribution in [2.24, 2.45) is 23.2 Å². The van der Waals surface area contributed by atoms with Gasteiger partial charge < -0.3 is 9.64 Å². The Balaban J connectivity index is 1.30. The Bertz CT molecular complexity index is 949. The molecule has 160 valence electrons. The van der Waals surface area contributed by atoms with Crippen LogP contribution in [0.3, 0.4) is 0 Å². The van der Waals surface area contributed by atoms with Crippen LogP contribution in [0.5, 0.6) is 0 Å². The summed E-state index contributed by atoms with van der Waals surface area (Å²) in [6, 6.07) is 8.35. The molecule has 4 aliphatic carbocycles. The molecule has 4 saturated carbocycles. The Hall–Kier alpha value is -2.15. The van der Waals surface area contributed by atoms with Gasteiger partial charge in [0.1, 0.15) is 0 Å². The van der Waals surface area contributed by atoms with Crippen molar-refractivity contribution in [2.45, 2.75) is 44.6 Å². The van der Waals surface area contributed by atoms with Crippen molar-refractivity contribution in [1.29, 1.82) is 0 Å². The molecule has 6 nitrogen and oxygen atoms in total. The van der Waals surface area contributed by atoms with Crippen molar-refractivity contribution < 1.29 is 22.7 Å². The number of hydrogen-bond acceptors (Lipinski definition) is 5. The Morgan fingerprint density at radius 2 is 1.60 bits per heavy atom. The van der Waals surface area contributed by atoms with E-state index < -0.39 is 27.2 Å². The average molecular weight is 430 g/mol. The van der Waals surface area contributed by atoms with Crippen molar-refractivity contribution in [3.8, 4) is 0 Å². The third-order valence-corrected chi connectivity index (χ3v) is 8.72. The zero-order chi connectivity index (χ0) is 20.9. The predicted octanol–water partition coefficient (Wildman–Crippen LogP) is 3.09. The molecule has 4 bridgehead atoms. The maximum atomic E-state index is 13.1.